The molecule has 0 aliphatic carbocycles. The molecule has 1 aliphatic heterocycles. The summed E-state index contributed by atoms with van der Waals surface area (Å²) in [7, 11) is 2.09. The molecule has 0 bridgehead atoms. The number of aromatic amines is 1. The van der Waals surface area contributed by atoms with Crippen molar-refractivity contribution in [1.82, 2.24) is 9.97 Å². The molecule has 2 atom stereocenters. The average molecular weight is 339 g/mol. The minimum Gasteiger partial charge on any atom is -0.604 e. The normalized spacial score (nSPS) is 18.7. The van der Waals surface area contributed by atoms with Crippen LogP contribution in [0.2, 0.25) is 0 Å². The van der Waals surface area contributed by atoms with Gasteiger partial charge in [0, 0.05) is 13.1 Å². The van der Waals surface area contributed by atoms with Crippen LogP contribution in [0.15, 0.2) is 46.5 Å². The number of nitrogens with zero attached hydrogens (tertiary/aromatic N) is 2. The molecule has 3 aromatic rings. The van der Waals surface area contributed by atoms with Gasteiger partial charge in [0.15, 0.2) is 4.90 Å². The van der Waals surface area contributed by atoms with Gasteiger partial charge in [-0.3, -0.25) is 4.98 Å². The molecule has 24 heavy (non-hydrogen) atoms. The van der Waals surface area contributed by atoms with Crippen molar-refractivity contribution in [3.63, 3.8) is 0 Å². The fraction of sp³-hybridized carbons (Fsp3) is 0.316. The van der Waals surface area contributed by atoms with Crippen LogP contribution in [-0.2, 0) is 17.6 Å². The van der Waals surface area contributed by atoms with E-state index in [1.165, 1.54) is 5.56 Å². The molecule has 0 saturated heterocycles. The van der Waals surface area contributed by atoms with Crippen LogP contribution in [0, 0.1) is 6.92 Å². The third kappa shape index (κ3) is 2.48. The van der Waals surface area contributed by atoms with Gasteiger partial charge >= 0.3 is 5.16 Å². The highest BCUT2D eigenvalue weighted by Crippen LogP contribution is 2.37. The standard InChI is InChI=1S/C19H21N3OS/c1-12-7-10-15-16(11-12)21-19(20-15)24(23)17-6-4-5-14-9-8-13(2)22(3)18(14)17/h4-7,10-11,13H,8-9H2,1-3H3,(H,20,21). The zero-order valence-corrected chi connectivity index (χ0v) is 15.0. The number of aromatic nitrogens is 2. The maximum Gasteiger partial charge on any atom is 0.327 e. The number of nitrogens with one attached hydrogen (secondary N) is 1. The molecule has 2 unspecified atom stereocenters. The van der Waals surface area contributed by atoms with E-state index < -0.39 is 11.2 Å². The van der Waals surface area contributed by atoms with Gasteiger partial charge < -0.3 is 9.45 Å². The van der Waals surface area contributed by atoms with Crippen LogP contribution < -0.4 is 4.90 Å². The van der Waals surface area contributed by atoms with E-state index in [0.29, 0.717) is 11.2 Å². The lowest BCUT2D eigenvalue weighted by Crippen LogP contribution is -2.34. The number of aryl methyl sites for hydroxylation is 2. The van der Waals surface area contributed by atoms with Crippen molar-refractivity contribution in [1.29, 1.82) is 0 Å². The zero-order chi connectivity index (χ0) is 16.8. The number of fused-ring (bicyclic) bond motifs is 2. The molecular formula is C19H21N3OS. The molecular weight excluding hydrogens is 318 g/mol. The second-order valence-electron chi connectivity index (χ2n) is 6.59. The third-order valence-electron chi connectivity index (χ3n) is 4.92. The van der Waals surface area contributed by atoms with Crippen molar-refractivity contribution in [3.8, 4) is 0 Å². The monoisotopic (exact) mass is 339 g/mol. The number of hydrogen-bond donors (Lipinski definition) is 1. The summed E-state index contributed by atoms with van der Waals surface area (Å²) in [5, 5.41) is 0.524. The summed E-state index contributed by atoms with van der Waals surface area (Å²) >= 11 is -1.32. The Morgan fingerprint density at radius 2 is 2.12 bits per heavy atom. The minimum absolute atomic E-state index is 0.453. The molecule has 124 valence electrons. The molecule has 4 rings (SSSR count). The lowest BCUT2D eigenvalue weighted by molar-refractivity contribution is 0.576. The van der Waals surface area contributed by atoms with E-state index in [9.17, 15) is 4.55 Å². The number of benzene rings is 2. The van der Waals surface area contributed by atoms with Gasteiger partial charge in [0.25, 0.3) is 0 Å². The van der Waals surface area contributed by atoms with Crippen LogP contribution in [-0.4, -0.2) is 27.6 Å². The molecule has 2 aromatic carbocycles. The second kappa shape index (κ2) is 5.83. The van der Waals surface area contributed by atoms with Gasteiger partial charge in [-0.2, -0.15) is 4.98 Å². The molecule has 0 saturated carbocycles. The van der Waals surface area contributed by atoms with E-state index in [-0.39, 0.29) is 0 Å². The molecule has 4 nitrogen and oxygen atoms in total. The van der Waals surface area contributed by atoms with Gasteiger partial charge in [0.1, 0.15) is 0 Å². The lowest BCUT2D eigenvalue weighted by atomic mass is 9.97. The Balaban J connectivity index is 1.80. The first kappa shape index (κ1) is 15.5. The molecule has 0 amide bonds. The highest BCUT2D eigenvalue weighted by Gasteiger charge is 2.30. The van der Waals surface area contributed by atoms with Gasteiger partial charge in [0.2, 0.25) is 0 Å². The van der Waals surface area contributed by atoms with Gasteiger partial charge in [-0.1, -0.05) is 18.2 Å². The van der Waals surface area contributed by atoms with Crippen LogP contribution in [0.25, 0.3) is 11.0 Å². The number of H-pyrrole nitrogens is 1. The minimum atomic E-state index is -1.32. The van der Waals surface area contributed by atoms with Gasteiger partial charge in [-0.25, -0.2) is 0 Å². The molecule has 1 N–H and O–H groups in total. The number of para-hydroxylation sites is 1. The Kier molecular flexibility index (Phi) is 3.77. The predicted molar refractivity (Wildman–Crippen MR) is 98.1 cm³/mol. The van der Waals surface area contributed by atoms with Crippen LogP contribution in [0.1, 0.15) is 24.5 Å². The molecule has 2 heterocycles. The van der Waals surface area contributed by atoms with Crippen molar-refractivity contribution in [2.24, 2.45) is 0 Å². The molecule has 0 spiro atoms. The first-order chi connectivity index (χ1) is 11.5. The summed E-state index contributed by atoms with van der Waals surface area (Å²) in [6.45, 7) is 4.26. The molecule has 1 aliphatic rings. The van der Waals surface area contributed by atoms with E-state index in [0.717, 1.165) is 40.0 Å². The van der Waals surface area contributed by atoms with Gasteiger partial charge in [-0.05, 0) is 56.0 Å². The van der Waals surface area contributed by atoms with Gasteiger partial charge in [0.05, 0.1) is 27.9 Å². The predicted octanol–water partition coefficient (Wildman–Crippen LogP) is 3.81. The number of hydrogen-bond acceptors (Lipinski definition) is 3. The van der Waals surface area contributed by atoms with Crippen molar-refractivity contribution in [3.05, 3.63) is 47.5 Å². The maximum atomic E-state index is 13.2. The van der Waals surface area contributed by atoms with Crippen LogP contribution >= 0.6 is 0 Å². The van der Waals surface area contributed by atoms with E-state index >= 15 is 0 Å². The summed E-state index contributed by atoms with van der Waals surface area (Å²) in [5.74, 6) is 0. The van der Waals surface area contributed by atoms with E-state index in [2.05, 4.69) is 34.9 Å². The average Bonchev–Trinajstić information content (AvgIpc) is 3.00. The number of anilines is 1. The SMILES string of the molecule is Cc1ccc2nc([S+]([O-])c3cccc4c3N(C)C(C)CC4)[nH]c2c1. The highest BCUT2D eigenvalue weighted by molar-refractivity contribution is 7.91. The molecule has 5 heteroatoms. The topological polar surface area (TPSA) is 55.0 Å². The van der Waals surface area contributed by atoms with Crippen LogP contribution in [0.3, 0.4) is 0 Å². The van der Waals surface area contributed by atoms with E-state index in [1.807, 2.05) is 37.3 Å². The second-order valence-corrected chi connectivity index (χ2v) is 7.96. The van der Waals surface area contributed by atoms with E-state index in [1.54, 1.807) is 0 Å². The largest absolute Gasteiger partial charge is 0.604 e. The van der Waals surface area contributed by atoms with Crippen LogP contribution in [0.4, 0.5) is 5.69 Å². The molecule has 0 fully saturated rings. The van der Waals surface area contributed by atoms with Crippen molar-refractivity contribution in [2.45, 2.75) is 42.8 Å². The molecule has 0 radical (unpaired) electrons. The first-order valence-corrected chi connectivity index (χ1v) is 9.42. The first-order valence-electron chi connectivity index (χ1n) is 8.27. The Bertz CT molecular complexity index is 905. The Hall–Kier alpha value is -1.98. The summed E-state index contributed by atoms with van der Waals surface area (Å²) in [5.41, 5.74) is 5.33. The third-order valence-corrected chi connectivity index (χ3v) is 6.19. The maximum absolute atomic E-state index is 13.2. The fourth-order valence-electron chi connectivity index (χ4n) is 3.39. The highest BCUT2D eigenvalue weighted by atomic mass is 32.2. The Morgan fingerprint density at radius 3 is 2.96 bits per heavy atom. The fourth-order valence-corrected chi connectivity index (χ4v) is 4.63. The van der Waals surface area contributed by atoms with Crippen molar-refractivity contribution in [2.75, 3.05) is 11.9 Å². The smallest absolute Gasteiger partial charge is 0.327 e. The van der Waals surface area contributed by atoms with Crippen molar-refractivity contribution < 1.29 is 4.55 Å². The number of rotatable bonds is 2. The van der Waals surface area contributed by atoms with Gasteiger partial charge in [-0.15, -0.1) is 0 Å². The van der Waals surface area contributed by atoms with E-state index in [4.69, 9.17) is 0 Å². The summed E-state index contributed by atoms with van der Waals surface area (Å²) in [6.07, 6.45) is 2.16. The Labute approximate surface area is 145 Å². The summed E-state index contributed by atoms with van der Waals surface area (Å²) in [6, 6.07) is 12.6. The Morgan fingerprint density at radius 1 is 1.29 bits per heavy atom. The summed E-state index contributed by atoms with van der Waals surface area (Å²) in [4.78, 5) is 10.9. The lowest BCUT2D eigenvalue weighted by Gasteiger charge is -2.34. The summed E-state index contributed by atoms with van der Waals surface area (Å²) < 4.78 is 13.2. The number of imidazole rings is 1. The molecule has 1 aromatic heterocycles. The van der Waals surface area contributed by atoms with Crippen molar-refractivity contribution >= 4 is 27.9 Å². The quantitative estimate of drug-likeness (QED) is 0.722. The van der Waals surface area contributed by atoms with Crippen LogP contribution in [0.5, 0.6) is 0 Å². The zero-order valence-electron chi connectivity index (χ0n) is 14.2.